The second kappa shape index (κ2) is 6.00. The molecule has 5 heteroatoms. The van der Waals surface area contributed by atoms with Gasteiger partial charge in [-0.3, -0.25) is 0 Å². The maximum Gasteiger partial charge on any atom is 0.228 e. The summed E-state index contributed by atoms with van der Waals surface area (Å²) in [7, 11) is 2.00. The molecule has 0 amide bonds. The normalized spacial score (nSPS) is 19.6. The summed E-state index contributed by atoms with van der Waals surface area (Å²) >= 11 is 0. The van der Waals surface area contributed by atoms with E-state index in [1.54, 1.807) is 6.20 Å². The summed E-state index contributed by atoms with van der Waals surface area (Å²) in [6.45, 7) is 7.10. The minimum Gasteiger partial charge on any atom is -0.475 e. The molecule has 0 saturated carbocycles. The molecule has 2 heterocycles. The van der Waals surface area contributed by atoms with Crippen molar-refractivity contribution in [2.45, 2.75) is 26.4 Å². The fraction of sp³-hybridized carbons (Fsp3) is 0.692. The fourth-order valence-electron chi connectivity index (χ4n) is 2.26. The SMILES string of the molecule is CNCC1CCN(c2nccc(OC(C)C)n2)C1. The van der Waals surface area contributed by atoms with Crippen LogP contribution in [0.15, 0.2) is 12.3 Å². The lowest BCUT2D eigenvalue weighted by molar-refractivity contribution is 0.232. The van der Waals surface area contributed by atoms with Gasteiger partial charge in [0.05, 0.1) is 6.10 Å². The first kappa shape index (κ1) is 13.1. The third-order valence-electron chi connectivity index (χ3n) is 3.04. The van der Waals surface area contributed by atoms with Crippen LogP contribution in [0.5, 0.6) is 5.88 Å². The van der Waals surface area contributed by atoms with Crippen LogP contribution in [-0.2, 0) is 0 Å². The first-order valence-electron chi connectivity index (χ1n) is 6.58. The third-order valence-corrected chi connectivity index (χ3v) is 3.04. The lowest BCUT2D eigenvalue weighted by atomic mass is 10.1. The molecule has 0 spiro atoms. The van der Waals surface area contributed by atoms with Crippen molar-refractivity contribution in [2.75, 3.05) is 31.6 Å². The molecule has 0 bridgehead atoms. The molecule has 2 rings (SSSR count). The van der Waals surface area contributed by atoms with E-state index in [1.807, 2.05) is 27.0 Å². The lowest BCUT2D eigenvalue weighted by Gasteiger charge is -2.17. The van der Waals surface area contributed by atoms with E-state index in [0.29, 0.717) is 11.8 Å². The Kier molecular flexibility index (Phi) is 4.36. The molecular weight excluding hydrogens is 228 g/mol. The summed E-state index contributed by atoms with van der Waals surface area (Å²) in [5.74, 6) is 2.13. The monoisotopic (exact) mass is 250 g/mol. The van der Waals surface area contributed by atoms with Crippen molar-refractivity contribution in [3.63, 3.8) is 0 Å². The molecule has 1 aliphatic rings. The molecule has 1 aromatic heterocycles. The fourth-order valence-corrected chi connectivity index (χ4v) is 2.26. The zero-order valence-corrected chi connectivity index (χ0v) is 11.4. The van der Waals surface area contributed by atoms with E-state index in [1.165, 1.54) is 6.42 Å². The van der Waals surface area contributed by atoms with Gasteiger partial charge < -0.3 is 15.0 Å². The Morgan fingerprint density at radius 2 is 2.39 bits per heavy atom. The Balaban J connectivity index is 2.01. The van der Waals surface area contributed by atoms with Crippen molar-refractivity contribution >= 4 is 5.95 Å². The number of ether oxygens (including phenoxy) is 1. The summed E-state index contributed by atoms with van der Waals surface area (Å²) in [5.41, 5.74) is 0. The van der Waals surface area contributed by atoms with Gasteiger partial charge in [0.25, 0.3) is 0 Å². The van der Waals surface area contributed by atoms with Crippen molar-refractivity contribution in [2.24, 2.45) is 5.92 Å². The highest BCUT2D eigenvalue weighted by molar-refractivity contribution is 5.33. The van der Waals surface area contributed by atoms with Gasteiger partial charge in [0.2, 0.25) is 11.8 Å². The number of nitrogens with one attached hydrogen (secondary N) is 1. The molecule has 1 atom stereocenters. The van der Waals surface area contributed by atoms with Crippen molar-refractivity contribution in [3.05, 3.63) is 12.3 Å². The van der Waals surface area contributed by atoms with Gasteiger partial charge in [-0.15, -0.1) is 0 Å². The van der Waals surface area contributed by atoms with Gasteiger partial charge in [-0.2, -0.15) is 4.98 Å². The van der Waals surface area contributed by atoms with Gasteiger partial charge in [-0.25, -0.2) is 4.98 Å². The van der Waals surface area contributed by atoms with E-state index >= 15 is 0 Å². The van der Waals surface area contributed by atoms with Gasteiger partial charge in [0.15, 0.2) is 0 Å². The summed E-state index contributed by atoms with van der Waals surface area (Å²) < 4.78 is 5.60. The number of hydrogen-bond donors (Lipinski definition) is 1. The average molecular weight is 250 g/mol. The van der Waals surface area contributed by atoms with Crippen molar-refractivity contribution < 1.29 is 4.74 Å². The smallest absolute Gasteiger partial charge is 0.228 e. The van der Waals surface area contributed by atoms with Gasteiger partial charge in [0, 0.05) is 25.4 Å². The molecule has 1 saturated heterocycles. The van der Waals surface area contributed by atoms with E-state index in [0.717, 1.165) is 25.6 Å². The molecule has 0 radical (unpaired) electrons. The summed E-state index contributed by atoms with van der Waals surface area (Å²) in [6.07, 6.45) is 3.11. The number of aromatic nitrogens is 2. The Morgan fingerprint density at radius 3 is 3.11 bits per heavy atom. The number of nitrogens with zero attached hydrogens (tertiary/aromatic N) is 3. The lowest BCUT2D eigenvalue weighted by Crippen LogP contribution is -2.25. The maximum absolute atomic E-state index is 5.60. The van der Waals surface area contributed by atoms with Gasteiger partial charge in [0.1, 0.15) is 0 Å². The second-order valence-electron chi connectivity index (χ2n) is 5.02. The molecule has 0 aliphatic carbocycles. The minimum atomic E-state index is 0.142. The second-order valence-corrected chi connectivity index (χ2v) is 5.02. The minimum absolute atomic E-state index is 0.142. The van der Waals surface area contributed by atoms with E-state index in [4.69, 9.17) is 4.74 Å². The summed E-state index contributed by atoms with van der Waals surface area (Å²) in [6, 6.07) is 1.81. The molecule has 5 nitrogen and oxygen atoms in total. The Morgan fingerprint density at radius 1 is 1.56 bits per heavy atom. The highest BCUT2D eigenvalue weighted by Gasteiger charge is 2.23. The Hall–Kier alpha value is -1.36. The highest BCUT2D eigenvalue weighted by atomic mass is 16.5. The quantitative estimate of drug-likeness (QED) is 0.854. The average Bonchev–Trinajstić information content (AvgIpc) is 2.78. The first-order chi connectivity index (χ1) is 8.69. The third kappa shape index (κ3) is 3.32. The number of anilines is 1. The van der Waals surface area contributed by atoms with E-state index in [-0.39, 0.29) is 6.10 Å². The molecule has 1 aromatic rings. The van der Waals surface area contributed by atoms with Crippen LogP contribution in [0.3, 0.4) is 0 Å². The van der Waals surface area contributed by atoms with Crippen LogP contribution in [0.2, 0.25) is 0 Å². The highest BCUT2D eigenvalue weighted by Crippen LogP contribution is 2.21. The van der Waals surface area contributed by atoms with Gasteiger partial charge in [-0.1, -0.05) is 0 Å². The predicted octanol–water partition coefficient (Wildman–Crippen LogP) is 1.31. The van der Waals surface area contributed by atoms with Crippen molar-refractivity contribution in [3.8, 4) is 5.88 Å². The number of rotatable bonds is 5. The van der Waals surface area contributed by atoms with Crippen LogP contribution in [0, 0.1) is 5.92 Å². The first-order valence-corrected chi connectivity index (χ1v) is 6.58. The molecule has 18 heavy (non-hydrogen) atoms. The zero-order chi connectivity index (χ0) is 13.0. The maximum atomic E-state index is 5.60. The van der Waals surface area contributed by atoms with Crippen LogP contribution < -0.4 is 15.0 Å². The van der Waals surface area contributed by atoms with E-state index in [9.17, 15) is 0 Å². The van der Waals surface area contributed by atoms with Crippen LogP contribution in [0.1, 0.15) is 20.3 Å². The van der Waals surface area contributed by atoms with Gasteiger partial charge in [-0.05, 0) is 39.8 Å². The Labute approximate surface area is 109 Å². The molecule has 1 fully saturated rings. The van der Waals surface area contributed by atoms with Crippen LogP contribution in [-0.4, -0.2) is 42.8 Å². The van der Waals surface area contributed by atoms with Crippen molar-refractivity contribution in [1.82, 2.24) is 15.3 Å². The summed E-state index contributed by atoms with van der Waals surface area (Å²) in [5, 5.41) is 3.23. The van der Waals surface area contributed by atoms with E-state index < -0.39 is 0 Å². The topological polar surface area (TPSA) is 50.3 Å². The van der Waals surface area contributed by atoms with E-state index in [2.05, 4.69) is 20.2 Å². The van der Waals surface area contributed by atoms with Crippen molar-refractivity contribution in [1.29, 1.82) is 0 Å². The Bertz CT molecular complexity index is 383. The molecule has 1 aliphatic heterocycles. The van der Waals surface area contributed by atoms with Crippen LogP contribution in [0.25, 0.3) is 0 Å². The molecular formula is C13H22N4O. The van der Waals surface area contributed by atoms with Crippen LogP contribution >= 0.6 is 0 Å². The van der Waals surface area contributed by atoms with Crippen LogP contribution in [0.4, 0.5) is 5.95 Å². The summed E-state index contributed by atoms with van der Waals surface area (Å²) in [4.78, 5) is 11.0. The molecule has 1 unspecified atom stereocenters. The molecule has 0 aromatic carbocycles. The van der Waals surface area contributed by atoms with Gasteiger partial charge >= 0.3 is 0 Å². The zero-order valence-electron chi connectivity index (χ0n) is 11.4. The largest absolute Gasteiger partial charge is 0.475 e. The molecule has 1 N–H and O–H groups in total. The standard InChI is InChI=1S/C13H22N4O/c1-10(2)18-12-4-6-15-13(16-12)17-7-5-11(9-17)8-14-3/h4,6,10-11,14H,5,7-9H2,1-3H3. The predicted molar refractivity (Wildman–Crippen MR) is 72.0 cm³/mol. The number of hydrogen-bond acceptors (Lipinski definition) is 5. The molecule has 100 valence electrons.